The van der Waals surface area contributed by atoms with E-state index in [0.717, 1.165) is 23.1 Å². The molecule has 0 bridgehead atoms. The largest absolute Gasteiger partial charge is 0.293 e. The van der Waals surface area contributed by atoms with Crippen molar-refractivity contribution in [1.82, 2.24) is 0 Å². The highest BCUT2D eigenvalue weighted by Gasteiger charge is 2.41. The summed E-state index contributed by atoms with van der Waals surface area (Å²) in [4.78, 5) is 12.1. The Labute approximate surface area is 84.5 Å². The van der Waals surface area contributed by atoms with E-state index in [9.17, 15) is 4.79 Å². The summed E-state index contributed by atoms with van der Waals surface area (Å²) in [6.07, 6.45) is 0.803. The minimum absolute atomic E-state index is 0.223. The van der Waals surface area contributed by atoms with E-state index in [0.29, 0.717) is 0 Å². The molecule has 2 rings (SSSR count). The molecule has 1 heteroatoms. The second kappa shape index (κ2) is 2.81. The number of benzene rings is 1. The minimum Gasteiger partial charge on any atom is -0.293 e. The zero-order chi connectivity index (χ0) is 10.3. The van der Waals surface area contributed by atoms with Crippen LogP contribution in [0.3, 0.4) is 0 Å². The molecule has 1 aromatic carbocycles. The van der Waals surface area contributed by atoms with E-state index in [2.05, 4.69) is 6.58 Å². The van der Waals surface area contributed by atoms with Crippen molar-refractivity contribution >= 4 is 5.78 Å². The van der Waals surface area contributed by atoms with Gasteiger partial charge in [-0.05, 0) is 25.8 Å². The summed E-state index contributed by atoms with van der Waals surface area (Å²) in [5.74, 6) is 0.223. The number of carbonyl (C=O) groups excluding carboxylic acids is 1. The molecule has 0 fully saturated rings. The maximum atomic E-state index is 12.1. The number of fused-ring (bicyclic) bond motifs is 1. The van der Waals surface area contributed by atoms with Crippen LogP contribution in [0.5, 0.6) is 0 Å². The van der Waals surface area contributed by atoms with Gasteiger partial charge < -0.3 is 0 Å². The zero-order valence-electron chi connectivity index (χ0n) is 8.63. The van der Waals surface area contributed by atoms with Gasteiger partial charge in [0, 0.05) is 5.56 Å². The van der Waals surface area contributed by atoms with E-state index in [4.69, 9.17) is 0 Å². The molecule has 0 aromatic heterocycles. The number of hydrogen-bond donors (Lipinski definition) is 0. The first-order valence-corrected chi connectivity index (χ1v) is 4.84. The quantitative estimate of drug-likeness (QED) is 0.616. The van der Waals surface area contributed by atoms with Gasteiger partial charge in [-0.15, -0.1) is 0 Å². The number of rotatable bonds is 1. The normalized spacial score (nSPS) is 24.9. The third-order valence-electron chi connectivity index (χ3n) is 3.25. The highest BCUT2D eigenvalue weighted by Crippen LogP contribution is 2.40. The maximum Gasteiger partial charge on any atom is 0.173 e. The second-order valence-corrected chi connectivity index (χ2v) is 4.28. The van der Waals surface area contributed by atoms with Crippen molar-refractivity contribution in [2.75, 3.05) is 0 Å². The lowest BCUT2D eigenvalue weighted by atomic mass is 9.80. The highest BCUT2D eigenvalue weighted by molar-refractivity contribution is 6.06. The Balaban J connectivity index is 2.54. The van der Waals surface area contributed by atoms with E-state index in [-0.39, 0.29) is 11.2 Å². The molecule has 14 heavy (non-hydrogen) atoms. The molecular formula is C13H14O. The van der Waals surface area contributed by atoms with Crippen LogP contribution < -0.4 is 0 Å². The van der Waals surface area contributed by atoms with Gasteiger partial charge in [-0.1, -0.05) is 36.4 Å². The van der Waals surface area contributed by atoms with Gasteiger partial charge in [0.05, 0.1) is 5.41 Å². The van der Waals surface area contributed by atoms with Crippen LogP contribution >= 0.6 is 0 Å². The average molecular weight is 186 g/mol. The molecule has 0 radical (unpaired) electrons. The molecule has 0 amide bonds. The molecule has 1 unspecified atom stereocenters. The van der Waals surface area contributed by atoms with Crippen molar-refractivity contribution in [3.63, 3.8) is 0 Å². The average Bonchev–Trinajstić information content (AvgIpc) is 2.42. The van der Waals surface area contributed by atoms with Crippen LogP contribution in [-0.4, -0.2) is 5.78 Å². The SMILES string of the molecule is C=C(C)C1(C)Cc2ccccc2C1=O. The first-order chi connectivity index (χ1) is 6.55. The fourth-order valence-electron chi connectivity index (χ4n) is 2.00. The highest BCUT2D eigenvalue weighted by atomic mass is 16.1. The molecule has 0 N–H and O–H groups in total. The van der Waals surface area contributed by atoms with Crippen LogP contribution in [0.15, 0.2) is 36.4 Å². The smallest absolute Gasteiger partial charge is 0.173 e. The Kier molecular flexibility index (Phi) is 1.84. The van der Waals surface area contributed by atoms with E-state index in [1.165, 1.54) is 0 Å². The first-order valence-electron chi connectivity index (χ1n) is 4.84. The van der Waals surface area contributed by atoms with Gasteiger partial charge in [-0.2, -0.15) is 0 Å². The summed E-state index contributed by atoms with van der Waals surface area (Å²) in [7, 11) is 0. The monoisotopic (exact) mass is 186 g/mol. The fraction of sp³-hybridized carbons (Fsp3) is 0.308. The molecule has 0 heterocycles. The molecule has 1 aliphatic carbocycles. The topological polar surface area (TPSA) is 17.1 Å². The first kappa shape index (κ1) is 9.20. The van der Waals surface area contributed by atoms with Crippen molar-refractivity contribution in [3.8, 4) is 0 Å². The molecular weight excluding hydrogens is 172 g/mol. The van der Waals surface area contributed by atoms with Gasteiger partial charge in [-0.25, -0.2) is 0 Å². The third-order valence-corrected chi connectivity index (χ3v) is 3.25. The Morgan fingerprint density at radius 2 is 2.07 bits per heavy atom. The molecule has 1 aliphatic rings. The van der Waals surface area contributed by atoms with E-state index < -0.39 is 0 Å². The predicted octanol–water partition coefficient (Wildman–Crippen LogP) is 3.01. The molecule has 0 saturated heterocycles. The van der Waals surface area contributed by atoms with Crippen molar-refractivity contribution < 1.29 is 4.79 Å². The Hall–Kier alpha value is -1.37. The summed E-state index contributed by atoms with van der Waals surface area (Å²) in [6.45, 7) is 7.84. The molecule has 72 valence electrons. The van der Waals surface area contributed by atoms with Crippen LogP contribution in [0.1, 0.15) is 29.8 Å². The lowest BCUT2D eigenvalue weighted by molar-refractivity contribution is 0.0881. The maximum absolute atomic E-state index is 12.1. The van der Waals surface area contributed by atoms with Crippen LogP contribution in [0.25, 0.3) is 0 Å². The van der Waals surface area contributed by atoms with Crippen molar-refractivity contribution in [3.05, 3.63) is 47.5 Å². The molecule has 1 aromatic rings. The standard InChI is InChI=1S/C13H14O/c1-9(2)13(3)8-10-6-4-5-7-11(10)12(13)14/h4-7H,1,8H2,2-3H3. The van der Waals surface area contributed by atoms with Crippen LogP contribution in [-0.2, 0) is 6.42 Å². The Bertz CT molecular complexity index is 417. The summed E-state index contributed by atoms with van der Waals surface area (Å²) in [6, 6.07) is 7.84. The zero-order valence-corrected chi connectivity index (χ0v) is 8.63. The lowest BCUT2D eigenvalue weighted by Crippen LogP contribution is -2.24. The third kappa shape index (κ3) is 1.05. The number of ketones is 1. The van der Waals surface area contributed by atoms with E-state index in [1.807, 2.05) is 38.1 Å². The predicted molar refractivity (Wildman–Crippen MR) is 57.4 cm³/mol. The van der Waals surface area contributed by atoms with Gasteiger partial charge in [-0.3, -0.25) is 4.79 Å². The Morgan fingerprint density at radius 1 is 1.43 bits per heavy atom. The number of allylic oxidation sites excluding steroid dienone is 1. The summed E-state index contributed by atoms with van der Waals surface area (Å²) >= 11 is 0. The lowest BCUT2D eigenvalue weighted by Gasteiger charge is -2.21. The van der Waals surface area contributed by atoms with Crippen molar-refractivity contribution in [2.45, 2.75) is 20.3 Å². The van der Waals surface area contributed by atoms with E-state index >= 15 is 0 Å². The van der Waals surface area contributed by atoms with Crippen LogP contribution in [0, 0.1) is 5.41 Å². The minimum atomic E-state index is -0.371. The number of carbonyl (C=O) groups is 1. The number of hydrogen-bond acceptors (Lipinski definition) is 1. The summed E-state index contributed by atoms with van der Waals surface area (Å²) in [5, 5.41) is 0. The molecule has 0 aliphatic heterocycles. The van der Waals surface area contributed by atoms with Crippen LogP contribution in [0.2, 0.25) is 0 Å². The van der Waals surface area contributed by atoms with Crippen molar-refractivity contribution in [1.29, 1.82) is 0 Å². The van der Waals surface area contributed by atoms with Gasteiger partial charge in [0.15, 0.2) is 5.78 Å². The van der Waals surface area contributed by atoms with Crippen molar-refractivity contribution in [2.24, 2.45) is 5.41 Å². The Morgan fingerprint density at radius 3 is 2.64 bits per heavy atom. The fourth-order valence-corrected chi connectivity index (χ4v) is 2.00. The summed E-state index contributed by atoms with van der Waals surface area (Å²) < 4.78 is 0. The van der Waals surface area contributed by atoms with Gasteiger partial charge >= 0.3 is 0 Å². The van der Waals surface area contributed by atoms with Gasteiger partial charge in [0.25, 0.3) is 0 Å². The molecule has 0 spiro atoms. The van der Waals surface area contributed by atoms with Gasteiger partial charge in [0.2, 0.25) is 0 Å². The van der Waals surface area contributed by atoms with E-state index in [1.54, 1.807) is 0 Å². The van der Waals surface area contributed by atoms with Crippen LogP contribution in [0.4, 0.5) is 0 Å². The second-order valence-electron chi connectivity index (χ2n) is 4.28. The molecule has 1 nitrogen and oxygen atoms in total. The number of Topliss-reactive ketones (excluding diaryl/α,β-unsaturated/α-hetero) is 1. The molecule has 0 saturated carbocycles. The molecule has 1 atom stereocenters. The summed E-state index contributed by atoms with van der Waals surface area (Å²) in [5.41, 5.74) is 2.61. The van der Waals surface area contributed by atoms with Gasteiger partial charge in [0.1, 0.15) is 0 Å².